The quantitative estimate of drug-likeness (QED) is 0.530. The molecule has 0 aromatic rings. The second kappa shape index (κ2) is 4.14. The summed E-state index contributed by atoms with van der Waals surface area (Å²) in [6.07, 6.45) is 0.869. The van der Waals surface area contributed by atoms with Crippen LogP contribution in [0, 0.1) is 0 Å². The summed E-state index contributed by atoms with van der Waals surface area (Å²) in [4.78, 5) is 0. The first-order valence-corrected chi connectivity index (χ1v) is 2.92. The van der Waals surface area contributed by atoms with Gasteiger partial charge < -0.3 is 0 Å². The Morgan fingerprint density at radius 1 is 1.20 bits per heavy atom. The molecule has 58 valence electrons. The van der Waals surface area contributed by atoms with E-state index in [4.69, 9.17) is 0 Å². The third-order valence-corrected chi connectivity index (χ3v) is 0.815. The smallest absolute Gasteiger partial charge is 0.167 e. The zero-order chi connectivity index (χ0) is 8.04. The third-order valence-electron chi connectivity index (χ3n) is 0.815. The van der Waals surface area contributed by atoms with Crippen molar-refractivity contribution in [1.29, 1.82) is 0 Å². The highest BCUT2D eigenvalue weighted by Crippen LogP contribution is 2.15. The van der Waals surface area contributed by atoms with E-state index in [2.05, 4.69) is 0 Å². The molecule has 0 radical (unpaired) electrons. The first-order valence-electron chi connectivity index (χ1n) is 2.92. The van der Waals surface area contributed by atoms with Gasteiger partial charge in [-0.15, -0.1) is 0 Å². The maximum atomic E-state index is 11.4. The van der Waals surface area contributed by atoms with Crippen LogP contribution in [0.2, 0.25) is 0 Å². The minimum atomic E-state index is -4.17. The summed E-state index contributed by atoms with van der Waals surface area (Å²) in [5.74, 6) is 0. The van der Waals surface area contributed by atoms with Gasteiger partial charge in [-0.25, -0.2) is 0 Å². The molecule has 0 unspecified atom stereocenters. The van der Waals surface area contributed by atoms with Crippen LogP contribution < -0.4 is 0 Å². The molecule has 0 saturated carbocycles. The lowest BCUT2D eigenvalue weighted by molar-refractivity contribution is -0.0799. The number of rotatable bonds is 2. The van der Waals surface area contributed by atoms with Crippen molar-refractivity contribution in [3.63, 3.8) is 0 Å². The molecule has 0 bridgehead atoms. The maximum absolute atomic E-state index is 11.4. The van der Waals surface area contributed by atoms with Gasteiger partial charge in [0.2, 0.25) is 0 Å². The average Bonchev–Trinajstić information content (AvgIpc) is 1.78. The van der Waals surface area contributed by atoms with Crippen LogP contribution in [-0.2, 0) is 0 Å². The van der Waals surface area contributed by atoms with Crippen molar-refractivity contribution in [3.8, 4) is 0 Å². The van der Waals surface area contributed by atoms with Gasteiger partial charge in [0.1, 0.15) is 0 Å². The van der Waals surface area contributed by atoms with Crippen molar-refractivity contribution in [2.75, 3.05) is 0 Å². The lowest BCUT2D eigenvalue weighted by Gasteiger charge is -1.94. The molecule has 0 nitrogen and oxygen atoms in total. The van der Waals surface area contributed by atoms with Crippen LogP contribution in [0.3, 0.4) is 0 Å². The normalized spacial score (nSPS) is 13.6. The molecule has 0 heterocycles. The molecule has 0 aromatic carbocycles. The van der Waals surface area contributed by atoms with Gasteiger partial charge >= 0.3 is 6.18 Å². The molecular formula is C7H9F3. The molecule has 0 amide bonds. The fourth-order valence-electron chi connectivity index (χ4n) is 0.416. The predicted octanol–water partition coefficient (Wildman–Crippen LogP) is 3.07. The van der Waals surface area contributed by atoms with Gasteiger partial charge in [-0.3, -0.25) is 0 Å². The fraction of sp³-hybridized carbons (Fsp3) is 0.429. The number of hydrogen-bond donors (Lipinski definition) is 0. The van der Waals surface area contributed by atoms with Crippen LogP contribution in [0.4, 0.5) is 13.2 Å². The van der Waals surface area contributed by atoms with Crippen LogP contribution >= 0.6 is 0 Å². The molecule has 0 fully saturated rings. The summed E-state index contributed by atoms with van der Waals surface area (Å²) < 4.78 is 34.1. The minimum absolute atomic E-state index is 0.243. The van der Waals surface area contributed by atoms with Gasteiger partial charge in [0, 0.05) is 6.08 Å². The van der Waals surface area contributed by atoms with Crippen molar-refractivity contribution in [2.45, 2.75) is 19.5 Å². The van der Waals surface area contributed by atoms with Crippen LogP contribution in [0.25, 0.3) is 0 Å². The lowest BCUT2D eigenvalue weighted by atomic mass is 10.3. The van der Waals surface area contributed by atoms with E-state index in [9.17, 15) is 13.2 Å². The fourth-order valence-corrected chi connectivity index (χ4v) is 0.416. The van der Waals surface area contributed by atoms with Crippen molar-refractivity contribution in [2.24, 2.45) is 0 Å². The Morgan fingerprint density at radius 2 is 1.80 bits per heavy atom. The van der Waals surface area contributed by atoms with Gasteiger partial charge in [-0.1, -0.05) is 18.2 Å². The van der Waals surface area contributed by atoms with Gasteiger partial charge in [0.15, 0.2) is 0 Å². The Hall–Kier alpha value is -0.730. The minimum Gasteiger partial charge on any atom is -0.167 e. The predicted molar refractivity (Wildman–Crippen MR) is 34.6 cm³/mol. The summed E-state index contributed by atoms with van der Waals surface area (Å²) >= 11 is 0. The van der Waals surface area contributed by atoms with E-state index in [1.165, 1.54) is 0 Å². The van der Waals surface area contributed by atoms with Crippen molar-refractivity contribution < 1.29 is 13.2 Å². The second-order valence-electron chi connectivity index (χ2n) is 1.75. The average molecular weight is 150 g/mol. The van der Waals surface area contributed by atoms with E-state index < -0.39 is 6.18 Å². The zero-order valence-corrected chi connectivity index (χ0v) is 5.65. The molecule has 3 heteroatoms. The second-order valence-corrected chi connectivity index (χ2v) is 1.75. The van der Waals surface area contributed by atoms with Crippen LogP contribution in [0.15, 0.2) is 24.3 Å². The lowest BCUT2D eigenvalue weighted by Crippen LogP contribution is -1.99. The van der Waals surface area contributed by atoms with Gasteiger partial charge in [0.05, 0.1) is 0 Å². The van der Waals surface area contributed by atoms with Crippen LogP contribution in [-0.4, -0.2) is 6.18 Å². The number of allylic oxidation sites excluding steroid dienone is 4. The highest BCUT2D eigenvalue weighted by atomic mass is 19.4. The van der Waals surface area contributed by atoms with Crippen LogP contribution in [0.5, 0.6) is 0 Å². The van der Waals surface area contributed by atoms with E-state index in [1.807, 2.05) is 0 Å². The van der Waals surface area contributed by atoms with E-state index in [0.29, 0.717) is 6.42 Å². The molecule has 10 heavy (non-hydrogen) atoms. The molecule has 0 aliphatic heterocycles. The Bertz CT molecular complexity index is 130. The summed E-state index contributed by atoms with van der Waals surface area (Å²) in [6.45, 7) is 1.77. The van der Waals surface area contributed by atoms with Gasteiger partial charge in [-0.2, -0.15) is 13.2 Å². The first kappa shape index (κ1) is 9.27. The Balaban J connectivity index is 3.56. The SMILES string of the molecule is CC=CCC=CC(F)(F)F. The maximum Gasteiger partial charge on any atom is 0.409 e. The van der Waals surface area contributed by atoms with E-state index in [0.717, 1.165) is 6.08 Å². The molecule has 0 N–H and O–H groups in total. The van der Waals surface area contributed by atoms with Crippen molar-refractivity contribution in [1.82, 2.24) is 0 Å². The standard InChI is InChI=1S/C7H9F3/c1-2-3-4-5-6-7(8,9)10/h2-3,5-6H,4H2,1H3. The largest absolute Gasteiger partial charge is 0.409 e. The highest BCUT2D eigenvalue weighted by Gasteiger charge is 2.21. The molecular weight excluding hydrogens is 141 g/mol. The van der Waals surface area contributed by atoms with E-state index in [-0.39, 0.29) is 6.08 Å². The molecule has 0 aliphatic carbocycles. The van der Waals surface area contributed by atoms with Gasteiger partial charge in [0.25, 0.3) is 0 Å². The summed E-state index contributed by atoms with van der Waals surface area (Å²) in [7, 11) is 0. The number of alkyl halides is 3. The van der Waals surface area contributed by atoms with Crippen molar-refractivity contribution in [3.05, 3.63) is 24.3 Å². The van der Waals surface area contributed by atoms with E-state index >= 15 is 0 Å². The topological polar surface area (TPSA) is 0 Å². The summed E-state index contributed by atoms with van der Waals surface area (Å²) in [6, 6.07) is 0. The van der Waals surface area contributed by atoms with Crippen LogP contribution in [0.1, 0.15) is 13.3 Å². The molecule has 0 saturated heterocycles. The monoisotopic (exact) mass is 150 g/mol. The summed E-state index contributed by atoms with van der Waals surface area (Å²) in [5.41, 5.74) is 0. The Labute approximate surface area is 58.0 Å². The van der Waals surface area contributed by atoms with Gasteiger partial charge in [-0.05, 0) is 13.3 Å². The Morgan fingerprint density at radius 3 is 2.20 bits per heavy atom. The molecule has 0 atom stereocenters. The number of hydrogen-bond acceptors (Lipinski definition) is 0. The molecule has 0 spiro atoms. The molecule has 0 aliphatic rings. The first-order chi connectivity index (χ1) is 4.56. The summed E-state index contributed by atoms with van der Waals surface area (Å²) in [5, 5.41) is 0. The highest BCUT2D eigenvalue weighted by molar-refractivity contribution is 4.94. The van der Waals surface area contributed by atoms with E-state index in [1.54, 1.807) is 19.1 Å². The molecule has 0 rings (SSSR count). The Kier molecular flexibility index (Phi) is 3.84. The molecule has 0 aromatic heterocycles. The number of halogens is 3. The zero-order valence-electron chi connectivity index (χ0n) is 5.65. The van der Waals surface area contributed by atoms with Crippen molar-refractivity contribution >= 4 is 0 Å². The third kappa shape index (κ3) is 7.27.